The summed E-state index contributed by atoms with van der Waals surface area (Å²) in [6.07, 6.45) is 1.65. The standard InChI is InChI=1S/C26H21N5O5S/c1-15-12-19(16(2)29(15)30-17(3)27-22-7-5-4-6-21(22)24(30)32)13-23-25(33)28(26(34)37-23)14-18-8-10-20(11-9-18)31(35)36/h4-13H,14H2,1-3H3. The second kappa shape index (κ2) is 9.17. The first-order valence-electron chi connectivity index (χ1n) is 11.3. The number of hydrogen-bond donors (Lipinski definition) is 0. The van der Waals surface area contributed by atoms with Crippen molar-refractivity contribution < 1.29 is 14.5 Å². The lowest BCUT2D eigenvalue weighted by Gasteiger charge is -2.16. The second-order valence-electron chi connectivity index (χ2n) is 8.62. The van der Waals surface area contributed by atoms with Crippen LogP contribution in [0.2, 0.25) is 0 Å². The Hall–Kier alpha value is -4.51. The lowest BCUT2D eigenvalue weighted by atomic mass is 10.2. The van der Waals surface area contributed by atoms with Crippen molar-refractivity contribution in [3.05, 3.63) is 108 Å². The molecular formula is C26H21N5O5S. The molecule has 11 heteroatoms. The van der Waals surface area contributed by atoms with Crippen LogP contribution in [-0.4, -0.2) is 35.3 Å². The number of nitrogens with zero attached hydrogens (tertiary/aromatic N) is 5. The minimum Gasteiger partial charge on any atom is -0.268 e. The van der Waals surface area contributed by atoms with Crippen molar-refractivity contribution in [1.82, 2.24) is 19.2 Å². The van der Waals surface area contributed by atoms with Crippen LogP contribution in [0.15, 0.2) is 64.3 Å². The highest BCUT2D eigenvalue weighted by Crippen LogP contribution is 2.34. The molecule has 1 aliphatic rings. The lowest BCUT2D eigenvalue weighted by molar-refractivity contribution is -0.384. The Bertz CT molecular complexity index is 1700. The van der Waals surface area contributed by atoms with Crippen LogP contribution in [0.1, 0.15) is 28.3 Å². The number of imide groups is 1. The third-order valence-corrected chi connectivity index (χ3v) is 7.10. The number of aromatic nitrogens is 3. The third kappa shape index (κ3) is 4.23. The zero-order chi connectivity index (χ0) is 26.4. The van der Waals surface area contributed by atoms with E-state index in [0.29, 0.717) is 33.5 Å². The van der Waals surface area contributed by atoms with Gasteiger partial charge in [-0.25, -0.2) is 4.98 Å². The molecule has 4 aromatic rings. The quantitative estimate of drug-likeness (QED) is 0.217. The number of amides is 2. The van der Waals surface area contributed by atoms with Gasteiger partial charge in [-0.1, -0.05) is 24.3 Å². The number of rotatable bonds is 5. The van der Waals surface area contributed by atoms with Gasteiger partial charge in [-0.3, -0.25) is 34.1 Å². The first-order chi connectivity index (χ1) is 17.7. The van der Waals surface area contributed by atoms with Gasteiger partial charge in [0.05, 0.1) is 27.3 Å². The highest BCUT2D eigenvalue weighted by molar-refractivity contribution is 8.18. The number of carbonyl (C=O) groups excluding carboxylic acids is 2. The van der Waals surface area contributed by atoms with Crippen molar-refractivity contribution in [3.8, 4) is 0 Å². The van der Waals surface area contributed by atoms with Crippen LogP contribution in [0.3, 0.4) is 0 Å². The first kappa shape index (κ1) is 24.2. The fourth-order valence-electron chi connectivity index (χ4n) is 4.38. The average Bonchev–Trinajstić information content (AvgIpc) is 3.29. The Morgan fingerprint density at radius 3 is 2.41 bits per heavy atom. The summed E-state index contributed by atoms with van der Waals surface area (Å²) >= 11 is 0.832. The van der Waals surface area contributed by atoms with Gasteiger partial charge in [0.2, 0.25) is 0 Å². The number of nitro groups is 1. The molecule has 0 unspecified atom stereocenters. The van der Waals surface area contributed by atoms with Crippen LogP contribution in [0.5, 0.6) is 0 Å². The summed E-state index contributed by atoms with van der Waals surface area (Å²) in [7, 11) is 0. The van der Waals surface area contributed by atoms with Gasteiger partial charge in [0.15, 0.2) is 0 Å². The predicted octanol–water partition coefficient (Wildman–Crippen LogP) is 4.58. The highest BCUT2D eigenvalue weighted by Gasteiger charge is 2.35. The molecule has 0 radical (unpaired) electrons. The van der Waals surface area contributed by atoms with E-state index in [1.807, 2.05) is 26.0 Å². The number of hydrogen-bond acceptors (Lipinski definition) is 7. The molecule has 1 aliphatic heterocycles. The molecule has 1 saturated heterocycles. The van der Waals surface area contributed by atoms with Crippen LogP contribution in [0.4, 0.5) is 10.5 Å². The number of non-ortho nitro benzene ring substituents is 1. The van der Waals surface area contributed by atoms with E-state index < -0.39 is 16.1 Å². The summed E-state index contributed by atoms with van der Waals surface area (Å²) in [5.41, 5.74) is 3.11. The Balaban J connectivity index is 1.48. The number of fused-ring (bicyclic) bond motifs is 1. The monoisotopic (exact) mass is 515 g/mol. The predicted molar refractivity (Wildman–Crippen MR) is 140 cm³/mol. The number of nitro benzene ring substituents is 1. The van der Waals surface area contributed by atoms with Crippen molar-refractivity contribution in [2.45, 2.75) is 27.3 Å². The van der Waals surface area contributed by atoms with Crippen molar-refractivity contribution in [3.63, 3.8) is 0 Å². The maximum Gasteiger partial charge on any atom is 0.293 e. The first-order valence-corrected chi connectivity index (χ1v) is 12.1. The smallest absolute Gasteiger partial charge is 0.268 e. The van der Waals surface area contributed by atoms with Crippen molar-refractivity contribution in [2.75, 3.05) is 0 Å². The fraction of sp³-hybridized carbons (Fsp3) is 0.154. The van der Waals surface area contributed by atoms with Gasteiger partial charge in [-0.05, 0) is 67.9 Å². The van der Waals surface area contributed by atoms with Gasteiger partial charge in [-0.2, -0.15) is 4.68 Å². The van der Waals surface area contributed by atoms with Crippen LogP contribution in [0, 0.1) is 30.9 Å². The van der Waals surface area contributed by atoms with Crippen molar-refractivity contribution >= 4 is 45.6 Å². The molecule has 0 aliphatic carbocycles. The molecular weight excluding hydrogens is 494 g/mol. The van der Waals surface area contributed by atoms with E-state index in [4.69, 9.17) is 0 Å². The molecule has 186 valence electrons. The maximum absolute atomic E-state index is 13.3. The van der Waals surface area contributed by atoms with E-state index in [-0.39, 0.29) is 22.7 Å². The molecule has 37 heavy (non-hydrogen) atoms. The molecule has 0 N–H and O–H groups in total. The van der Waals surface area contributed by atoms with E-state index in [2.05, 4.69) is 4.98 Å². The molecule has 0 bridgehead atoms. The van der Waals surface area contributed by atoms with Gasteiger partial charge in [0.1, 0.15) is 5.82 Å². The molecule has 1 fully saturated rings. The van der Waals surface area contributed by atoms with Crippen LogP contribution in [-0.2, 0) is 11.3 Å². The minimum atomic E-state index is -0.507. The highest BCUT2D eigenvalue weighted by atomic mass is 32.2. The van der Waals surface area contributed by atoms with Gasteiger partial charge >= 0.3 is 0 Å². The summed E-state index contributed by atoms with van der Waals surface area (Å²) in [6, 6.07) is 14.7. The molecule has 2 amide bonds. The van der Waals surface area contributed by atoms with Crippen molar-refractivity contribution in [2.24, 2.45) is 0 Å². The van der Waals surface area contributed by atoms with Crippen LogP contribution in [0.25, 0.3) is 17.0 Å². The second-order valence-corrected chi connectivity index (χ2v) is 9.62. The number of thioether (sulfide) groups is 1. The molecule has 0 saturated carbocycles. The SMILES string of the molecule is Cc1cc(C=C2SC(=O)N(Cc3ccc([N+](=O)[O-])cc3)C2=O)c(C)n1-n1c(C)nc2ccccc2c1=O. The molecule has 2 aromatic heterocycles. The third-order valence-electron chi connectivity index (χ3n) is 6.20. The molecule has 3 heterocycles. The summed E-state index contributed by atoms with van der Waals surface area (Å²) in [5.74, 6) is 0.0688. The van der Waals surface area contributed by atoms with E-state index >= 15 is 0 Å². The van der Waals surface area contributed by atoms with Gasteiger partial charge in [-0.15, -0.1) is 0 Å². The van der Waals surface area contributed by atoms with Crippen LogP contribution < -0.4 is 5.56 Å². The molecule has 10 nitrogen and oxygen atoms in total. The molecule has 2 aromatic carbocycles. The van der Waals surface area contributed by atoms with Gasteiger partial charge in [0, 0.05) is 23.5 Å². The normalized spacial score (nSPS) is 14.8. The molecule has 0 atom stereocenters. The Kier molecular flexibility index (Phi) is 6.00. The molecule has 5 rings (SSSR count). The summed E-state index contributed by atoms with van der Waals surface area (Å²) in [6.45, 7) is 5.46. The minimum absolute atomic E-state index is 0.0103. The van der Waals surface area contributed by atoms with E-state index in [1.165, 1.54) is 28.9 Å². The fourth-order valence-corrected chi connectivity index (χ4v) is 5.21. The number of para-hydroxylation sites is 1. The summed E-state index contributed by atoms with van der Waals surface area (Å²) < 4.78 is 3.26. The molecule has 0 spiro atoms. The Morgan fingerprint density at radius 1 is 1.00 bits per heavy atom. The van der Waals surface area contributed by atoms with Gasteiger partial charge in [0.25, 0.3) is 22.4 Å². The Morgan fingerprint density at radius 2 is 1.70 bits per heavy atom. The number of aryl methyl sites for hydroxylation is 2. The largest absolute Gasteiger partial charge is 0.293 e. The topological polar surface area (TPSA) is 120 Å². The Labute approximate surface area is 215 Å². The van der Waals surface area contributed by atoms with Gasteiger partial charge < -0.3 is 0 Å². The zero-order valence-corrected chi connectivity index (χ0v) is 21.0. The average molecular weight is 516 g/mol. The maximum atomic E-state index is 13.3. The number of carbonyl (C=O) groups is 2. The van der Waals surface area contributed by atoms with E-state index in [0.717, 1.165) is 22.4 Å². The van der Waals surface area contributed by atoms with E-state index in [1.54, 1.807) is 35.9 Å². The summed E-state index contributed by atoms with van der Waals surface area (Å²) in [5, 5.41) is 10.9. The summed E-state index contributed by atoms with van der Waals surface area (Å²) in [4.78, 5) is 55.3. The van der Waals surface area contributed by atoms with Crippen molar-refractivity contribution in [1.29, 1.82) is 0 Å². The lowest BCUT2D eigenvalue weighted by Crippen LogP contribution is -2.30. The van der Waals surface area contributed by atoms with E-state index in [9.17, 15) is 24.5 Å². The van der Waals surface area contributed by atoms with Crippen LogP contribution >= 0.6 is 11.8 Å². The zero-order valence-electron chi connectivity index (χ0n) is 20.2. The number of benzene rings is 2.